The molecule has 0 aromatic heterocycles. The van der Waals surface area contributed by atoms with Crippen molar-refractivity contribution in [1.82, 2.24) is 14.5 Å². The van der Waals surface area contributed by atoms with Crippen LogP contribution in [0.3, 0.4) is 0 Å². The van der Waals surface area contributed by atoms with E-state index in [1.807, 2.05) is 13.8 Å². The summed E-state index contributed by atoms with van der Waals surface area (Å²) in [6, 6.07) is 3.53. The van der Waals surface area contributed by atoms with Crippen LogP contribution in [0.4, 0.5) is 13.2 Å². The van der Waals surface area contributed by atoms with Crippen molar-refractivity contribution in [3.8, 4) is 0 Å². The molecule has 4 aliphatic rings. The molecule has 2 amide bonds. The zero-order chi connectivity index (χ0) is 33.5. The van der Waals surface area contributed by atoms with Gasteiger partial charge in [-0.1, -0.05) is 0 Å². The molecule has 2 saturated heterocycles. The number of benzene rings is 1. The van der Waals surface area contributed by atoms with Crippen LogP contribution in [-0.4, -0.2) is 83.9 Å². The fourth-order valence-corrected chi connectivity index (χ4v) is 8.42. The highest BCUT2D eigenvalue weighted by molar-refractivity contribution is 7.92. The molecule has 2 N–H and O–H groups in total. The quantitative estimate of drug-likeness (QED) is 0.420. The van der Waals surface area contributed by atoms with Gasteiger partial charge < -0.3 is 15.3 Å². The molecule has 254 valence electrons. The van der Waals surface area contributed by atoms with Gasteiger partial charge in [0.05, 0.1) is 5.60 Å². The van der Waals surface area contributed by atoms with Crippen molar-refractivity contribution in [2.45, 2.75) is 102 Å². The fraction of sp³-hybridized carbons (Fsp3) is 0.667. The minimum absolute atomic E-state index is 0.000445. The Labute approximate surface area is 269 Å². The number of carbonyl (C=O) groups is 2. The summed E-state index contributed by atoms with van der Waals surface area (Å²) in [6.45, 7) is 6.68. The Bertz CT molecular complexity index is 1470. The first-order valence-corrected chi connectivity index (χ1v) is 17.8. The minimum atomic E-state index is -4.14. The first-order valence-electron chi connectivity index (χ1n) is 16.3. The molecule has 1 aliphatic carbocycles. The third-order valence-electron chi connectivity index (χ3n) is 10.4. The van der Waals surface area contributed by atoms with Gasteiger partial charge in [0.1, 0.15) is 11.4 Å². The lowest BCUT2D eigenvalue weighted by molar-refractivity contribution is -0.138. The molecule has 5 rings (SSSR count). The van der Waals surface area contributed by atoms with Crippen LogP contribution in [0.25, 0.3) is 6.08 Å². The summed E-state index contributed by atoms with van der Waals surface area (Å²) in [5, 5.41) is 14.3. The smallest absolute Gasteiger partial charge is 0.389 e. The number of halogens is 3. The first-order chi connectivity index (χ1) is 21.5. The number of nitrogens with one attached hydrogen (secondary N) is 1. The molecule has 1 aromatic rings. The van der Waals surface area contributed by atoms with E-state index >= 15 is 0 Å². The Balaban J connectivity index is 1.18. The summed E-state index contributed by atoms with van der Waals surface area (Å²) >= 11 is 0. The second-order valence-electron chi connectivity index (χ2n) is 13.9. The fourth-order valence-electron chi connectivity index (χ4n) is 7.25. The zero-order valence-electron chi connectivity index (χ0n) is 26.8. The molecule has 46 heavy (non-hydrogen) atoms. The highest BCUT2D eigenvalue weighted by atomic mass is 32.2. The van der Waals surface area contributed by atoms with Gasteiger partial charge in [-0.2, -0.15) is 17.5 Å². The van der Waals surface area contributed by atoms with E-state index in [2.05, 4.69) is 5.32 Å². The number of alkyl halides is 3. The maximum atomic E-state index is 13.3. The lowest BCUT2D eigenvalue weighted by Crippen LogP contribution is -2.50. The summed E-state index contributed by atoms with van der Waals surface area (Å²) in [6.07, 6.45) is 0.997. The molecule has 3 aliphatic heterocycles. The molecule has 1 saturated carbocycles. The third kappa shape index (κ3) is 7.84. The van der Waals surface area contributed by atoms with Gasteiger partial charge in [0.15, 0.2) is 0 Å². The van der Waals surface area contributed by atoms with Crippen LogP contribution in [0.5, 0.6) is 0 Å². The van der Waals surface area contributed by atoms with Crippen molar-refractivity contribution in [2.24, 2.45) is 16.8 Å². The summed E-state index contributed by atoms with van der Waals surface area (Å²) in [7, 11) is -3.80. The number of likely N-dealkylation sites (tertiary alicyclic amines) is 1. The van der Waals surface area contributed by atoms with E-state index in [0.29, 0.717) is 68.6 Å². The van der Waals surface area contributed by atoms with E-state index in [0.717, 1.165) is 11.1 Å². The molecule has 9 nitrogen and oxygen atoms in total. The van der Waals surface area contributed by atoms with Crippen LogP contribution in [0.15, 0.2) is 22.5 Å². The number of amides is 2. The number of sulfonamides is 1. The van der Waals surface area contributed by atoms with Gasteiger partial charge in [-0.3, -0.25) is 14.6 Å². The molecular weight excluding hydrogens is 621 g/mol. The second-order valence-corrected chi connectivity index (χ2v) is 15.7. The number of aliphatic imine (C=N–C) groups is 1. The number of rotatable bonds is 7. The van der Waals surface area contributed by atoms with Gasteiger partial charge in [0.2, 0.25) is 10.0 Å². The normalized spacial score (nSPS) is 25.6. The Morgan fingerprint density at radius 1 is 1.04 bits per heavy atom. The molecule has 0 bridgehead atoms. The van der Waals surface area contributed by atoms with Gasteiger partial charge in [-0.25, -0.2) is 8.42 Å². The second kappa shape index (κ2) is 13.0. The van der Waals surface area contributed by atoms with Gasteiger partial charge in [0, 0.05) is 49.5 Å². The van der Waals surface area contributed by atoms with E-state index in [-0.39, 0.29) is 56.0 Å². The molecule has 3 heterocycles. The minimum Gasteiger partial charge on any atom is -0.390 e. The molecular formula is C33H45F3N4O5S. The number of aryl methyl sites for hydroxylation is 2. The standard InChI is InChI=1S/C33H45F3N4O5S/c1-22-20-26(29(41)39-15-11-31(3,43)12-16-39)21-23(2)27(22)9-19-46(44,45)40-17-13-32(14-18-40)30(42)37-28(38-32)25-6-4-24(5-7-25)8-10-33(34,35)36/h9,19-21,24-25,43H,4-8,10-18H2,1-3H3,(H,37,38,42)/b19-9+. The van der Waals surface area contributed by atoms with Gasteiger partial charge >= 0.3 is 6.18 Å². The van der Waals surface area contributed by atoms with Crippen LogP contribution in [0, 0.1) is 25.7 Å². The molecule has 0 radical (unpaired) electrons. The molecule has 3 fully saturated rings. The topological polar surface area (TPSA) is 119 Å². The molecule has 0 unspecified atom stereocenters. The van der Waals surface area contributed by atoms with Crippen molar-refractivity contribution < 1.29 is 36.3 Å². The van der Waals surface area contributed by atoms with Crippen LogP contribution in [-0.2, 0) is 14.8 Å². The Hall–Kier alpha value is -2.77. The largest absolute Gasteiger partial charge is 0.390 e. The number of carbonyl (C=O) groups excluding carboxylic acids is 2. The lowest BCUT2D eigenvalue weighted by atomic mass is 9.79. The predicted molar refractivity (Wildman–Crippen MR) is 169 cm³/mol. The Morgan fingerprint density at radius 2 is 1.63 bits per heavy atom. The van der Waals surface area contributed by atoms with Crippen molar-refractivity contribution >= 4 is 33.7 Å². The van der Waals surface area contributed by atoms with Crippen molar-refractivity contribution in [2.75, 3.05) is 26.2 Å². The highest BCUT2D eigenvalue weighted by Crippen LogP contribution is 2.38. The van der Waals surface area contributed by atoms with E-state index in [4.69, 9.17) is 4.99 Å². The number of hydrogen-bond acceptors (Lipinski definition) is 6. The zero-order valence-corrected chi connectivity index (χ0v) is 27.6. The molecule has 13 heteroatoms. The Kier molecular flexibility index (Phi) is 9.79. The monoisotopic (exact) mass is 666 g/mol. The van der Waals surface area contributed by atoms with Crippen molar-refractivity contribution in [3.05, 3.63) is 39.8 Å². The first kappa shape index (κ1) is 34.6. The van der Waals surface area contributed by atoms with Crippen molar-refractivity contribution in [1.29, 1.82) is 0 Å². The predicted octanol–water partition coefficient (Wildman–Crippen LogP) is 5.10. The number of hydrogen-bond donors (Lipinski definition) is 2. The molecule has 0 atom stereocenters. The maximum Gasteiger partial charge on any atom is 0.389 e. The molecule has 1 aromatic carbocycles. The molecule has 1 spiro atoms. The highest BCUT2D eigenvalue weighted by Gasteiger charge is 2.48. The summed E-state index contributed by atoms with van der Waals surface area (Å²) in [4.78, 5) is 32.7. The van der Waals surface area contributed by atoms with E-state index in [9.17, 15) is 36.3 Å². The van der Waals surface area contributed by atoms with Crippen LogP contribution >= 0.6 is 0 Å². The summed E-state index contributed by atoms with van der Waals surface area (Å²) in [5.74, 6) is 0.279. The van der Waals surface area contributed by atoms with Crippen LogP contribution in [0.1, 0.15) is 98.2 Å². The number of piperidine rings is 2. The number of amidine groups is 1. The van der Waals surface area contributed by atoms with Gasteiger partial charge in [-0.05, 0) is 119 Å². The van der Waals surface area contributed by atoms with Crippen LogP contribution < -0.4 is 5.32 Å². The van der Waals surface area contributed by atoms with Crippen LogP contribution in [0.2, 0.25) is 0 Å². The number of nitrogens with zero attached hydrogens (tertiary/aromatic N) is 3. The van der Waals surface area contributed by atoms with Gasteiger partial charge in [-0.15, -0.1) is 0 Å². The Morgan fingerprint density at radius 3 is 2.20 bits per heavy atom. The third-order valence-corrected chi connectivity index (χ3v) is 11.9. The van der Waals surface area contributed by atoms with Crippen molar-refractivity contribution in [3.63, 3.8) is 0 Å². The van der Waals surface area contributed by atoms with E-state index < -0.39 is 33.8 Å². The lowest BCUT2D eigenvalue weighted by Gasteiger charge is -2.36. The van der Waals surface area contributed by atoms with E-state index in [1.165, 1.54) is 9.71 Å². The summed E-state index contributed by atoms with van der Waals surface area (Å²) in [5.41, 5.74) is 1.02. The van der Waals surface area contributed by atoms with Gasteiger partial charge in [0.25, 0.3) is 11.8 Å². The SMILES string of the molecule is Cc1cc(C(=O)N2CCC(C)(O)CC2)cc(C)c1/C=C/S(=O)(=O)N1CCC2(CC1)N=C(C1CCC(CCC(F)(F)F)CC1)NC2=O. The average Bonchev–Trinajstić information content (AvgIpc) is 3.30. The number of aliphatic hydroxyl groups is 1. The summed E-state index contributed by atoms with van der Waals surface area (Å²) < 4.78 is 65.8. The van der Waals surface area contributed by atoms with E-state index in [1.54, 1.807) is 30.0 Å². The maximum absolute atomic E-state index is 13.3. The average molecular weight is 667 g/mol.